The van der Waals surface area contributed by atoms with E-state index in [9.17, 15) is 20.4 Å². The average molecular weight is 357 g/mol. The van der Waals surface area contributed by atoms with E-state index in [1.807, 2.05) is 13.8 Å². The van der Waals surface area contributed by atoms with Crippen LogP contribution in [0, 0.1) is 0 Å². The van der Waals surface area contributed by atoms with Gasteiger partial charge in [-0.3, -0.25) is 0 Å². The summed E-state index contributed by atoms with van der Waals surface area (Å²) in [6.45, 7) is 4.82. The van der Waals surface area contributed by atoms with Gasteiger partial charge in [0, 0.05) is 12.6 Å². The molecule has 1 aliphatic rings. The standard InChI is InChI=1S/C17H27NO7/c1-10(2)18-7-8-23-17-16(22)15(21)14(20)13(25-17)9-24-12-5-3-11(19)4-6-12/h3-6,10,13-22H,7-9H2,1-2H3. The summed E-state index contributed by atoms with van der Waals surface area (Å²) in [6.07, 6.45) is -5.97. The Morgan fingerprint density at radius 3 is 2.40 bits per heavy atom. The molecular formula is C17H27NO7. The van der Waals surface area contributed by atoms with E-state index in [1.165, 1.54) is 12.1 Å². The van der Waals surface area contributed by atoms with E-state index in [2.05, 4.69) is 5.32 Å². The van der Waals surface area contributed by atoms with Gasteiger partial charge in [-0.25, -0.2) is 0 Å². The molecule has 5 atom stereocenters. The Kier molecular flexibility index (Phi) is 7.42. The van der Waals surface area contributed by atoms with Gasteiger partial charge in [-0.15, -0.1) is 0 Å². The maximum absolute atomic E-state index is 10.1. The Hall–Kier alpha value is -1.42. The zero-order valence-corrected chi connectivity index (χ0v) is 14.4. The molecule has 142 valence electrons. The number of nitrogens with one attached hydrogen (secondary N) is 1. The fourth-order valence-corrected chi connectivity index (χ4v) is 2.44. The van der Waals surface area contributed by atoms with Crippen molar-refractivity contribution in [2.45, 2.75) is 50.6 Å². The zero-order chi connectivity index (χ0) is 18.4. The molecule has 1 heterocycles. The smallest absolute Gasteiger partial charge is 0.186 e. The number of aliphatic hydroxyl groups excluding tert-OH is 3. The van der Waals surface area contributed by atoms with Crippen LogP contribution in [0.2, 0.25) is 0 Å². The maximum Gasteiger partial charge on any atom is 0.186 e. The van der Waals surface area contributed by atoms with Crippen molar-refractivity contribution in [3.05, 3.63) is 24.3 Å². The lowest BCUT2D eigenvalue weighted by molar-refractivity contribution is -0.299. The Labute approximate surface area is 147 Å². The summed E-state index contributed by atoms with van der Waals surface area (Å²) in [5.74, 6) is 0.594. The summed E-state index contributed by atoms with van der Waals surface area (Å²) < 4.78 is 16.5. The third-order valence-corrected chi connectivity index (χ3v) is 3.86. The van der Waals surface area contributed by atoms with Crippen molar-refractivity contribution in [1.82, 2.24) is 5.32 Å². The molecule has 0 aromatic heterocycles. The number of ether oxygens (including phenoxy) is 3. The van der Waals surface area contributed by atoms with Crippen LogP contribution >= 0.6 is 0 Å². The molecule has 8 heteroatoms. The molecule has 0 saturated carbocycles. The van der Waals surface area contributed by atoms with E-state index in [0.717, 1.165) is 0 Å². The average Bonchev–Trinajstić information content (AvgIpc) is 2.58. The lowest BCUT2D eigenvalue weighted by Crippen LogP contribution is -2.59. The van der Waals surface area contributed by atoms with Crippen LogP contribution < -0.4 is 10.1 Å². The number of rotatable bonds is 8. The van der Waals surface area contributed by atoms with Crippen molar-refractivity contribution in [2.75, 3.05) is 19.8 Å². The number of hydrogen-bond donors (Lipinski definition) is 5. The fraction of sp³-hybridized carbons (Fsp3) is 0.647. The quantitative estimate of drug-likeness (QED) is 0.398. The van der Waals surface area contributed by atoms with Crippen molar-refractivity contribution in [2.24, 2.45) is 0 Å². The molecule has 0 amide bonds. The van der Waals surface area contributed by atoms with Crippen LogP contribution in [0.3, 0.4) is 0 Å². The predicted molar refractivity (Wildman–Crippen MR) is 89.4 cm³/mol. The molecule has 1 fully saturated rings. The highest BCUT2D eigenvalue weighted by Crippen LogP contribution is 2.23. The van der Waals surface area contributed by atoms with Crippen LogP contribution in [0.1, 0.15) is 13.8 Å². The monoisotopic (exact) mass is 357 g/mol. The van der Waals surface area contributed by atoms with Gasteiger partial charge in [0.25, 0.3) is 0 Å². The number of phenolic OH excluding ortho intramolecular Hbond substituents is 1. The van der Waals surface area contributed by atoms with Gasteiger partial charge in [-0.2, -0.15) is 0 Å². The highest BCUT2D eigenvalue weighted by molar-refractivity contribution is 5.30. The minimum atomic E-state index is -1.40. The highest BCUT2D eigenvalue weighted by atomic mass is 16.7. The molecule has 0 aliphatic carbocycles. The van der Waals surface area contributed by atoms with Crippen molar-refractivity contribution < 1.29 is 34.6 Å². The van der Waals surface area contributed by atoms with E-state index in [1.54, 1.807) is 12.1 Å². The number of aliphatic hydroxyl groups is 3. The first kappa shape index (κ1) is 19.9. The molecule has 0 radical (unpaired) electrons. The van der Waals surface area contributed by atoms with Gasteiger partial charge in [-0.05, 0) is 24.3 Å². The summed E-state index contributed by atoms with van der Waals surface area (Å²) in [5.41, 5.74) is 0. The maximum atomic E-state index is 10.1. The zero-order valence-electron chi connectivity index (χ0n) is 14.4. The van der Waals surface area contributed by atoms with E-state index in [-0.39, 0.29) is 19.0 Å². The van der Waals surface area contributed by atoms with E-state index in [0.29, 0.717) is 18.3 Å². The van der Waals surface area contributed by atoms with E-state index in [4.69, 9.17) is 14.2 Å². The van der Waals surface area contributed by atoms with Crippen LogP contribution in [0.5, 0.6) is 11.5 Å². The van der Waals surface area contributed by atoms with Gasteiger partial charge in [0.1, 0.15) is 42.5 Å². The molecule has 5 N–H and O–H groups in total. The van der Waals surface area contributed by atoms with Crippen molar-refractivity contribution in [3.8, 4) is 11.5 Å². The Morgan fingerprint density at radius 1 is 1.08 bits per heavy atom. The lowest BCUT2D eigenvalue weighted by Gasteiger charge is -2.40. The van der Waals surface area contributed by atoms with E-state index < -0.39 is 30.7 Å². The number of hydrogen-bond acceptors (Lipinski definition) is 8. The van der Waals surface area contributed by atoms with E-state index >= 15 is 0 Å². The first-order valence-corrected chi connectivity index (χ1v) is 8.35. The van der Waals surface area contributed by atoms with Gasteiger partial charge in [0.2, 0.25) is 0 Å². The van der Waals surface area contributed by atoms with Crippen LogP contribution in [0.15, 0.2) is 24.3 Å². The SMILES string of the molecule is CC(C)NCCOC1OC(COc2ccc(O)cc2)C(O)C(O)C1O. The van der Waals surface area contributed by atoms with Gasteiger partial charge >= 0.3 is 0 Å². The first-order chi connectivity index (χ1) is 11.9. The third kappa shape index (κ3) is 5.81. The minimum absolute atomic E-state index is 0.0418. The normalized spacial score (nSPS) is 29.8. The van der Waals surface area contributed by atoms with Gasteiger partial charge in [0.05, 0.1) is 6.61 Å². The van der Waals surface area contributed by atoms with Crippen LogP contribution in [-0.2, 0) is 9.47 Å². The second-order valence-corrected chi connectivity index (χ2v) is 6.30. The number of aromatic hydroxyl groups is 1. The Bertz CT molecular complexity index is 510. The van der Waals surface area contributed by atoms with Crippen LogP contribution in [0.4, 0.5) is 0 Å². The van der Waals surface area contributed by atoms with Crippen LogP contribution in [-0.4, -0.2) is 76.9 Å². The lowest BCUT2D eigenvalue weighted by atomic mass is 9.99. The molecule has 25 heavy (non-hydrogen) atoms. The molecule has 8 nitrogen and oxygen atoms in total. The molecular weight excluding hydrogens is 330 g/mol. The second kappa shape index (κ2) is 9.33. The predicted octanol–water partition coefficient (Wildman–Crippen LogP) is -0.407. The van der Waals surface area contributed by atoms with Crippen molar-refractivity contribution in [3.63, 3.8) is 0 Å². The number of phenols is 1. The highest BCUT2D eigenvalue weighted by Gasteiger charge is 2.44. The second-order valence-electron chi connectivity index (χ2n) is 6.30. The molecule has 1 aromatic carbocycles. The van der Waals surface area contributed by atoms with Gasteiger partial charge in [0.15, 0.2) is 6.29 Å². The summed E-state index contributed by atoms with van der Waals surface area (Å²) in [5, 5.41) is 42.5. The topological polar surface area (TPSA) is 121 Å². The van der Waals surface area contributed by atoms with Crippen molar-refractivity contribution in [1.29, 1.82) is 0 Å². The molecule has 0 spiro atoms. The number of benzene rings is 1. The Balaban J connectivity index is 1.87. The largest absolute Gasteiger partial charge is 0.508 e. The summed E-state index contributed by atoms with van der Waals surface area (Å²) in [6, 6.07) is 6.39. The van der Waals surface area contributed by atoms with Gasteiger partial charge in [-0.1, -0.05) is 13.8 Å². The Morgan fingerprint density at radius 2 is 1.76 bits per heavy atom. The van der Waals surface area contributed by atoms with Crippen LogP contribution in [0.25, 0.3) is 0 Å². The molecule has 2 rings (SSSR count). The third-order valence-electron chi connectivity index (χ3n) is 3.86. The molecule has 1 saturated heterocycles. The molecule has 0 bridgehead atoms. The molecule has 1 aliphatic heterocycles. The summed E-state index contributed by atoms with van der Waals surface area (Å²) in [7, 11) is 0. The fourth-order valence-electron chi connectivity index (χ4n) is 2.44. The summed E-state index contributed by atoms with van der Waals surface area (Å²) >= 11 is 0. The van der Waals surface area contributed by atoms with Crippen molar-refractivity contribution >= 4 is 0 Å². The van der Waals surface area contributed by atoms with Gasteiger partial charge < -0.3 is 40.0 Å². The molecule has 1 aromatic rings. The molecule has 5 unspecified atom stereocenters. The first-order valence-electron chi connectivity index (χ1n) is 8.35. The minimum Gasteiger partial charge on any atom is -0.508 e. The summed E-state index contributed by atoms with van der Waals surface area (Å²) in [4.78, 5) is 0.